The third-order valence-corrected chi connectivity index (χ3v) is 6.40. The predicted octanol–water partition coefficient (Wildman–Crippen LogP) is 2.61. The molecule has 0 bridgehead atoms. The molecule has 3 rings (SSSR count). The highest BCUT2D eigenvalue weighted by Gasteiger charge is 2.69. The van der Waals surface area contributed by atoms with Crippen LogP contribution in [0.5, 0.6) is 0 Å². The number of sulfonamides is 1. The van der Waals surface area contributed by atoms with Crippen molar-refractivity contribution < 1.29 is 22.7 Å². The van der Waals surface area contributed by atoms with Gasteiger partial charge in [-0.25, -0.2) is 8.42 Å². The van der Waals surface area contributed by atoms with Gasteiger partial charge >= 0.3 is 5.97 Å². The van der Waals surface area contributed by atoms with Gasteiger partial charge in [0.1, 0.15) is 5.60 Å². The van der Waals surface area contributed by atoms with Crippen LogP contribution in [0.1, 0.15) is 39.2 Å². The zero-order valence-electron chi connectivity index (χ0n) is 16.3. The maximum Gasteiger partial charge on any atom is 0.326 e. The summed E-state index contributed by atoms with van der Waals surface area (Å²) in [5.41, 5.74) is -0.535. The summed E-state index contributed by atoms with van der Waals surface area (Å²) >= 11 is 0. The maximum absolute atomic E-state index is 13.2. The molecule has 0 spiro atoms. The molecule has 2 aliphatic carbocycles. The van der Waals surface area contributed by atoms with Crippen LogP contribution in [0, 0.1) is 11.3 Å². The molecule has 2 aliphatic rings. The Kier molecular flexibility index (Phi) is 4.50. The van der Waals surface area contributed by atoms with Crippen LogP contribution in [0.2, 0.25) is 0 Å². The molecule has 27 heavy (non-hydrogen) atoms. The van der Waals surface area contributed by atoms with E-state index in [1.807, 2.05) is 30.3 Å². The minimum Gasteiger partial charge on any atom is -0.459 e. The largest absolute Gasteiger partial charge is 0.459 e. The molecule has 0 aromatic heterocycles. The van der Waals surface area contributed by atoms with Crippen LogP contribution in [0.4, 0.5) is 0 Å². The van der Waals surface area contributed by atoms with E-state index in [0.29, 0.717) is 6.42 Å². The molecule has 1 unspecified atom stereocenters. The van der Waals surface area contributed by atoms with Crippen molar-refractivity contribution in [2.45, 2.75) is 39.2 Å². The molecule has 0 radical (unpaired) electrons. The molecule has 146 valence electrons. The highest BCUT2D eigenvalue weighted by Crippen LogP contribution is 2.64. The van der Waals surface area contributed by atoms with E-state index in [-0.39, 0.29) is 23.8 Å². The third kappa shape index (κ3) is 2.98. The molecule has 0 heterocycles. The van der Waals surface area contributed by atoms with Crippen molar-refractivity contribution in [1.29, 1.82) is 0 Å². The fraction of sp³-hybridized carbons (Fsp3) is 0.500. The second kappa shape index (κ2) is 6.19. The van der Waals surface area contributed by atoms with Gasteiger partial charge in [-0.15, -0.1) is 0 Å². The van der Waals surface area contributed by atoms with E-state index in [4.69, 9.17) is 4.74 Å². The Morgan fingerprint density at radius 1 is 1.22 bits per heavy atom. The van der Waals surface area contributed by atoms with Gasteiger partial charge in [-0.1, -0.05) is 30.3 Å². The molecular formula is C20H25NO5S. The fourth-order valence-electron chi connectivity index (χ4n) is 4.09. The summed E-state index contributed by atoms with van der Waals surface area (Å²) in [6, 6.07) is 9.30. The molecule has 0 aliphatic heterocycles. The summed E-state index contributed by atoms with van der Waals surface area (Å²) in [5.74, 6) is -1.30. The Labute approximate surface area is 160 Å². The third-order valence-electron chi connectivity index (χ3n) is 5.22. The monoisotopic (exact) mass is 391 g/mol. The number of esters is 1. The SMILES string of the molecule is CN(C1=C(c2ccccc2)C2CCC(=O)[C@]12C(=O)OC(C)(C)C)S(C)(=O)=O. The van der Waals surface area contributed by atoms with Crippen molar-refractivity contribution in [3.05, 3.63) is 41.6 Å². The van der Waals surface area contributed by atoms with E-state index in [0.717, 1.165) is 21.7 Å². The Bertz CT molecular complexity index is 927. The van der Waals surface area contributed by atoms with E-state index >= 15 is 0 Å². The summed E-state index contributed by atoms with van der Waals surface area (Å²) in [4.78, 5) is 26.1. The maximum atomic E-state index is 13.2. The number of Topliss-reactive ketones (excluding diaryl/α,β-unsaturated/α-hetero) is 1. The zero-order chi connectivity index (χ0) is 20.2. The van der Waals surface area contributed by atoms with Crippen molar-refractivity contribution in [2.75, 3.05) is 13.3 Å². The normalized spacial score (nSPS) is 25.1. The molecule has 1 aromatic rings. The van der Waals surface area contributed by atoms with E-state index in [2.05, 4.69) is 0 Å². The second-order valence-electron chi connectivity index (χ2n) is 8.18. The minimum atomic E-state index is -3.67. The Morgan fingerprint density at radius 2 is 1.81 bits per heavy atom. The van der Waals surface area contributed by atoms with Crippen molar-refractivity contribution in [2.24, 2.45) is 11.3 Å². The van der Waals surface area contributed by atoms with Crippen LogP contribution in [-0.4, -0.2) is 43.4 Å². The Hall–Kier alpha value is -2.15. The van der Waals surface area contributed by atoms with Crippen molar-refractivity contribution in [3.8, 4) is 0 Å². The summed E-state index contributed by atoms with van der Waals surface area (Å²) in [5, 5.41) is 0. The van der Waals surface area contributed by atoms with Crippen LogP contribution in [0.25, 0.3) is 5.57 Å². The average molecular weight is 391 g/mol. The fourth-order valence-corrected chi connectivity index (χ4v) is 4.67. The van der Waals surface area contributed by atoms with Gasteiger partial charge < -0.3 is 4.74 Å². The number of allylic oxidation sites excluding steroid dienone is 1. The number of hydrogen-bond donors (Lipinski definition) is 0. The molecule has 0 amide bonds. The molecule has 2 atom stereocenters. The molecule has 0 N–H and O–H groups in total. The lowest BCUT2D eigenvalue weighted by Gasteiger charge is -2.49. The lowest BCUT2D eigenvalue weighted by Crippen LogP contribution is -2.57. The van der Waals surface area contributed by atoms with Crippen molar-refractivity contribution in [1.82, 2.24) is 4.31 Å². The lowest BCUT2D eigenvalue weighted by atomic mass is 9.58. The van der Waals surface area contributed by atoms with Gasteiger partial charge in [0, 0.05) is 19.4 Å². The molecule has 7 heteroatoms. The van der Waals surface area contributed by atoms with E-state index < -0.39 is 27.0 Å². The lowest BCUT2D eigenvalue weighted by molar-refractivity contribution is -0.170. The van der Waals surface area contributed by atoms with Gasteiger partial charge in [0.2, 0.25) is 10.0 Å². The molecule has 1 saturated carbocycles. The van der Waals surface area contributed by atoms with Crippen molar-refractivity contribution in [3.63, 3.8) is 0 Å². The van der Waals surface area contributed by atoms with Gasteiger partial charge in [0.05, 0.1) is 12.0 Å². The van der Waals surface area contributed by atoms with Crippen molar-refractivity contribution >= 4 is 27.3 Å². The van der Waals surface area contributed by atoms with Crippen LogP contribution in [-0.2, 0) is 24.3 Å². The minimum absolute atomic E-state index is 0.224. The molecule has 6 nitrogen and oxygen atoms in total. The number of nitrogens with zero attached hydrogens (tertiary/aromatic N) is 1. The van der Waals surface area contributed by atoms with Gasteiger partial charge in [0.25, 0.3) is 0 Å². The average Bonchev–Trinajstić information content (AvgIpc) is 2.79. The second-order valence-corrected chi connectivity index (χ2v) is 10.2. The number of rotatable bonds is 4. The first-order chi connectivity index (χ1) is 12.4. The number of carbonyl (C=O) groups excluding carboxylic acids is 2. The van der Waals surface area contributed by atoms with E-state index in [1.165, 1.54) is 7.05 Å². The van der Waals surface area contributed by atoms with Gasteiger partial charge in [-0.2, -0.15) is 0 Å². The number of hydrogen-bond acceptors (Lipinski definition) is 5. The number of ketones is 1. The standard InChI is InChI=1S/C20H25NO5S/c1-19(2,3)26-18(23)20-14(11-12-15(20)22)16(13-9-7-6-8-10-13)17(20)21(4)27(5,24)25/h6-10,14H,11-12H2,1-5H3/t14?,20-/m0/s1. The van der Waals surface area contributed by atoms with Crippen LogP contribution >= 0.6 is 0 Å². The molecule has 1 fully saturated rings. The van der Waals surface area contributed by atoms with E-state index in [1.54, 1.807) is 20.8 Å². The smallest absolute Gasteiger partial charge is 0.326 e. The summed E-state index contributed by atoms with van der Waals surface area (Å²) < 4.78 is 31.3. The van der Waals surface area contributed by atoms with Crippen LogP contribution in [0.15, 0.2) is 36.0 Å². The van der Waals surface area contributed by atoms with Gasteiger partial charge in [-0.3, -0.25) is 13.9 Å². The predicted molar refractivity (Wildman–Crippen MR) is 102 cm³/mol. The number of benzene rings is 1. The molecule has 1 aromatic carbocycles. The number of fused-ring (bicyclic) bond motifs is 1. The zero-order valence-corrected chi connectivity index (χ0v) is 17.1. The summed E-state index contributed by atoms with van der Waals surface area (Å²) in [6.45, 7) is 5.20. The Balaban J connectivity index is 2.25. The first-order valence-corrected chi connectivity index (χ1v) is 10.8. The van der Waals surface area contributed by atoms with Gasteiger partial charge in [-0.05, 0) is 38.3 Å². The number of ether oxygens (including phenoxy) is 1. The first kappa shape index (κ1) is 19.6. The Morgan fingerprint density at radius 3 is 2.33 bits per heavy atom. The van der Waals surface area contributed by atoms with Gasteiger partial charge in [0.15, 0.2) is 11.2 Å². The molecule has 0 saturated heterocycles. The van der Waals surface area contributed by atoms with Crippen LogP contribution < -0.4 is 0 Å². The highest BCUT2D eigenvalue weighted by atomic mass is 32.2. The molecular weight excluding hydrogens is 366 g/mol. The topological polar surface area (TPSA) is 80.8 Å². The first-order valence-electron chi connectivity index (χ1n) is 8.91. The quantitative estimate of drug-likeness (QED) is 0.582. The summed E-state index contributed by atoms with van der Waals surface area (Å²) in [6.07, 6.45) is 1.79. The van der Waals surface area contributed by atoms with Crippen LogP contribution in [0.3, 0.4) is 0 Å². The number of carbonyl (C=O) groups is 2. The highest BCUT2D eigenvalue weighted by molar-refractivity contribution is 7.88. The van der Waals surface area contributed by atoms with E-state index in [9.17, 15) is 18.0 Å². The summed E-state index contributed by atoms with van der Waals surface area (Å²) in [7, 11) is -2.28.